The monoisotopic (exact) mass is 270 g/mol. The maximum atomic E-state index is 11.3. The Morgan fingerprint density at radius 3 is 2.67 bits per heavy atom. The van der Waals surface area contributed by atoms with Crippen LogP contribution in [0.2, 0.25) is 0 Å². The molecule has 1 aliphatic heterocycles. The van der Waals surface area contributed by atoms with E-state index < -0.39 is 10.9 Å². The molecule has 1 saturated heterocycles. The van der Waals surface area contributed by atoms with Crippen LogP contribution in [0.15, 0.2) is 36.1 Å². The molecule has 5 nitrogen and oxygen atoms in total. The number of amides is 1. The van der Waals surface area contributed by atoms with E-state index in [2.05, 4.69) is 11.9 Å². The van der Waals surface area contributed by atoms with Crippen molar-refractivity contribution < 1.29 is 13.2 Å². The third kappa shape index (κ3) is 3.46. The molecule has 6 heteroatoms. The van der Waals surface area contributed by atoms with E-state index in [0.717, 1.165) is 5.57 Å². The zero-order chi connectivity index (χ0) is 13.7. The second-order valence-electron chi connectivity index (χ2n) is 4.02. The first-order valence-electron chi connectivity index (χ1n) is 5.66. The van der Waals surface area contributed by atoms with Crippen LogP contribution in [0.1, 0.15) is 20.3 Å². The van der Waals surface area contributed by atoms with Gasteiger partial charge in [0.05, 0.1) is 18.3 Å². The van der Waals surface area contributed by atoms with Gasteiger partial charge in [0.2, 0.25) is 16.8 Å². The lowest BCUT2D eigenvalue weighted by atomic mass is 9.97. The molecule has 0 aromatic rings. The quantitative estimate of drug-likeness (QED) is 0.743. The minimum Gasteiger partial charge on any atom is -0.351 e. The second kappa shape index (κ2) is 6.39. The van der Waals surface area contributed by atoms with Crippen LogP contribution in [0, 0.1) is 0 Å². The first-order chi connectivity index (χ1) is 8.49. The lowest BCUT2D eigenvalue weighted by molar-refractivity contribution is -0.119. The summed E-state index contributed by atoms with van der Waals surface area (Å²) < 4.78 is 23.8. The zero-order valence-electron chi connectivity index (χ0n) is 10.5. The van der Waals surface area contributed by atoms with Crippen LogP contribution in [-0.4, -0.2) is 31.2 Å². The van der Waals surface area contributed by atoms with Crippen LogP contribution < -0.4 is 5.32 Å². The fraction of sp³-hybridized carbons (Fsp3) is 0.417. The van der Waals surface area contributed by atoms with Crippen molar-refractivity contribution in [3.63, 3.8) is 0 Å². The predicted octanol–water partition coefficient (Wildman–Crippen LogP) is 0.739. The molecule has 0 aliphatic carbocycles. The van der Waals surface area contributed by atoms with Crippen molar-refractivity contribution >= 4 is 16.8 Å². The van der Waals surface area contributed by atoms with Crippen LogP contribution in [0.3, 0.4) is 0 Å². The number of allylic oxidation sites excluding steroid dienone is 4. The van der Waals surface area contributed by atoms with Gasteiger partial charge in [-0.1, -0.05) is 24.8 Å². The SMILES string of the molecule is C=C/C=C1/C[C@@H](NC(C)=O)CN([SH](=O)=O)/C1=C/C. The van der Waals surface area contributed by atoms with E-state index in [1.54, 1.807) is 25.2 Å². The van der Waals surface area contributed by atoms with Crippen LogP contribution in [0.4, 0.5) is 0 Å². The van der Waals surface area contributed by atoms with Crippen molar-refractivity contribution in [2.24, 2.45) is 0 Å². The molecule has 1 rings (SSSR count). The summed E-state index contributed by atoms with van der Waals surface area (Å²) in [6.07, 6.45) is 5.75. The van der Waals surface area contributed by atoms with Gasteiger partial charge in [-0.3, -0.25) is 9.10 Å². The fourth-order valence-corrected chi connectivity index (χ4v) is 2.83. The van der Waals surface area contributed by atoms with E-state index in [4.69, 9.17) is 0 Å². The lowest BCUT2D eigenvalue weighted by Gasteiger charge is -2.34. The summed E-state index contributed by atoms with van der Waals surface area (Å²) in [5.74, 6) is -0.164. The van der Waals surface area contributed by atoms with Gasteiger partial charge >= 0.3 is 0 Å². The molecule has 0 aromatic heterocycles. The van der Waals surface area contributed by atoms with Gasteiger partial charge in [-0.25, -0.2) is 8.42 Å². The Balaban J connectivity index is 3.07. The molecule has 1 aliphatic rings. The van der Waals surface area contributed by atoms with Gasteiger partial charge in [-0.2, -0.15) is 0 Å². The topological polar surface area (TPSA) is 66.5 Å². The average molecular weight is 270 g/mol. The van der Waals surface area contributed by atoms with Crippen LogP contribution in [0.25, 0.3) is 0 Å². The molecule has 0 radical (unpaired) electrons. The van der Waals surface area contributed by atoms with Gasteiger partial charge in [-0.15, -0.1) is 0 Å². The highest BCUT2D eigenvalue weighted by Gasteiger charge is 2.28. The maximum absolute atomic E-state index is 11.3. The molecule has 1 N–H and O–H groups in total. The third-order valence-corrected chi connectivity index (χ3v) is 3.44. The largest absolute Gasteiger partial charge is 0.351 e. The molecule has 0 spiro atoms. The molecule has 100 valence electrons. The van der Waals surface area contributed by atoms with Crippen LogP contribution in [0.5, 0.6) is 0 Å². The Morgan fingerprint density at radius 2 is 2.22 bits per heavy atom. The minimum atomic E-state index is -2.71. The van der Waals surface area contributed by atoms with Crippen molar-refractivity contribution in [2.45, 2.75) is 26.3 Å². The summed E-state index contributed by atoms with van der Waals surface area (Å²) in [6.45, 7) is 7.10. The number of piperidine rings is 1. The lowest BCUT2D eigenvalue weighted by Crippen LogP contribution is -2.46. The van der Waals surface area contributed by atoms with Gasteiger partial charge in [0, 0.05) is 6.92 Å². The third-order valence-electron chi connectivity index (χ3n) is 2.66. The standard InChI is InChI=1S/C12H18N2O3S/c1-4-6-10-7-11(13-9(3)15)8-14(18(16)17)12(10)5-2/h4-6,11,18H,1,7-8H2,2-3H3,(H,13,15)/b10-6-,12-5+/t11-/m1/s1. The highest BCUT2D eigenvalue weighted by atomic mass is 32.2. The molecular formula is C12H18N2O3S. The number of carbonyl (C=O) groups is 1. The average Bonchev–Trinajstić information content (AvgIpc) is 2.27. The van der Waals surface area contributed by atoms with E-state index in [0.29, 0.717) is 12.1 Å². The Kier molecular flexibility index (Phi) is 5.15. The summed E-state index contributed by atoms with van der Waals surface area (Å²) in [5.41, 5.74) is 1.52. The minimum absolute atomic E-state index is 0.164. The summed E-state index contributed by atoms with van der Waals surface area (Å²) in [6, 6.07) is -0.203. The molecule has 0 unspecified atom stereocenters. The van der Waals surface area contributed by atoms with Crippen molar-refractivity contribution in [1.29, 1.82) is 0 Å². The molecule has 18 heavy (non-hydrogen) atoms. The molecule has 1 atom stereocenters. The molecule has 1 fully saturated rings. The Bertz CT molecular complexity index is 470. The van der Waals surface area contributed by atoms with E-state index >= 15 is 0 Å². The summed E-state index contributed by atoms with van der Waals surface area (Å²) in [5, 5.41) is 2.75. The summed E-state index contributed by atoms with van der Waals surface area (Å²) in [4.78, 5) is 11.1. The smallest absolute Gasteiger partial charge is 0.225 e. The first-order valence-corrected chi connectivity index (χ1v) is 6.79. The van der Waals surface area contributed by atoms with Crippen molar-refractivity contribution in [3.05, 3.63) is 36.1 Å². The van der Waals surface area contributed by atoms with Crippen LogP contribution >= 0.6 is 0 Å². The normalized spacial score (nSPS) is 24.6. The number of carbonyl (C=O) groups excluding carboxylic acids is 1. The Morgan fingerprint density at radius 1 is 1.56 bits per heavy atom. The summed E-state index contributed by atoms with van der Waals surface area (Å²) in [7, 11) is -2.71. The number of hydrogen-bond acceptors (Lipinski definition) is 3. The summed E-state index contributed by atoms with van der Waals surface area (Å²) >= 11 is 0. The Hall–Kier alpha value is -1.56. The van der Waals surface area contributed by atoms with Crippen molar-refractivity contribution in [2.75, 3.05) is 6.54 Å². The molecule has 1 amide bonds. The van der Waals surface area contributed by atoms with Gasteiger partial charge in [0.25, 0.3) is 0 Å². The molecular weight excluding hydrogens is 252 g/mol. The molecule has 0 saturated carbocycles. The number of nitrogens with one attached hydrogen (secondary N) is 1. The molecule has 0 aromatic carbocycles. The zero-order valence-corrected chi connectivity index (χ0v) is 11.4. The number of thiol groups is 1. The van der Waals surface area contributed by atoms with Crippen molar-refractivity contribution in [3.8, 4) is 0 Å². The molecule has 0 bridgehead atoms. The van der Waals surface area contributed by atoms with Gasteiger partial charge in [0.1, 0.15) is 0 Å². The number of rotatable bonds is 3. The van der Waals surface area contributed by atoms with E-state index in [-0.39, 0.29) is 18.5 Å². The van der Waals surface area contributed by atoms with E-state index in [1.165, 1.54) is 11.2 Å². The van der Waals surface area contributed by atoms with Gasteiger partial charge in [0.15, 0.2) is 0 Å². The number of nitrogens with zero attached hydrogens (tertiary/aromatic N) is 1. The second-order valence-corrected chi connectivity index (χ2v) is 4.98. The maximum Gasteiger partial charge on any atom is 0.225 e. The van der Waals surface area contributed by atoms with Crippen LogP contribution in [-0.2, 0) is 15.7 Å². The highest BCUT2D eigenvalue weighted by Crippen LogP contribution is 2.26. The van der Waals surface area contributed by atoms with Crippen molar-refractivity contribution in [1.82, 2.24) is 9.62 Å². The first kappa shape index (κ1) is 14.5. The van der Waals surface area contributed by atoms with Gasteiger partial charge in [-0.05, 0) is 18.9 Å². The fourth-order valence-electron chi connectivity index (χ4n) is 2.08. The predicted molar refractivity (Wildman–Crippen MR) is 71.3 cm³/mol. The highest BCUT2D eigenvalue weighted by molar-refractivity contribution is 7.70. The van der Waals surface area contributed by atoms with E-state index in [9.17, 15) is 13.2 Å². The van der Waals surface area contributed by atoms with Gasteiger partial charge < -0.3 is 5.32 Å². The number of hydrogen-bond donors (Lipinski definition) is 2. The molecule has 1 heterocycles. The Labute approximate surface area is 109 Å². The van der Waals surface area contributed by atoms with E-state index in [1.807, 2.05) is 0 Å².